The number of aryl methyl sites for hydroxylation is 1. The van der Waals surface area contributed by atoms with Crippen LogP contribution in [0.5, 0.6) is 0 Å². The van der Waals surface area contributed by atoms with Crippen LogP contribution in [0.2, 0.25) is 0 Å². The Morgan fingerprint density at radius 1 is 1.12 bits per heavy atom. The maximum absolute atomic E-state index is 10.5. The van der Waals surface area contributed by atoms with Crippen molar-refractivity contribution in [2.24, 2.45) is 7.05 Å². The molecule has 4 aromatic rings. The van der Waals surface area contributed by atoms with Gasteiger partial charge in [-0.3, -0.25) is 14.3 Å². The Morgan fingerprint density at radius 3 is 2.75 bits per heavy atom. The predicted molar refractivity (Wildman–Crippen MR) is 125 cm³/mol. The van der Waals surface area contributed by atoms with E-state index in [2.05, 4.69) is 55.9 Å². The fourth-order valence-corrected chi connectivity index (χ4v) is 4.88. The predicted octanol–water partition coefficient (Wildman–Crippen LogP) is 3.85. The Balaban J connectivity index is 1.51. The summed E-state index contributed by atoms with van der Waals surface area (Å²) in [6, 6.07) is 11.0. The van der Waals surface area contributed by atoms with E-state index < -0.39 is 6.23 Å². The van der Waals surface area contributed by atoms with Gasteiger partial charge in [-0.2, -0.15) is 10.2 Å². The second-order valence-corrected chi connectivity index (χ2v) is 8.96. The highest BCUT2D eigenvalue weighted by atomic mass is 16.3. The van der Waals surface area contributed by atoms with Gasteiger partial charge >= 0.3 is 0 Å². The smallest absolute Gasteiger partial charge is 0.181 e. The van der Waals surface area contributed by atoms with Crippen molar-refractivity contribution >= 4 is 28.2 Å². The molecule has 0 bridgehead atoms. The van der Waals surface area contributed by atoms with E-state index in [-0.39, 0.29) is 6.04 Å². The molecule has 8 nitrogen and oxygen atoms in total. The summed E-state index contributed by atoms with van der Waals surface area (Å²) < 4.78 is 3.96. The maximum atomic E-state index is 10.5. The summed E-state index contributed by atoms with van der Waals surface area (Å²) in [5.74, 6) is 0.840. The molecule has 1 saturated carbocycles. The standard InChI is InChI=1S/C24H27N7O/c1-15-13-29(24-23-21(28(3)27-24)5-4-10-25-23)22-11-17(6-9-20(22)31(15)16(2)32)18-12-26-30(14-18)19-7-8-19/h4-6,9-12,14-16,19,32H,7-8,13H2,1-3H3/t15-,16?/m0/s1. The van der Waals surface area contributed by atoms with Gasteiger partial charge < -0.3 is 14.9 Å². The van der Waals surface area contributed by atoms with Gasteiger partial charge in [0, 0.05) is 37.6 Å². The molecule has 1 aliphatic carbocycles. The van der Waals surface area contributed by atoms with Crippen LogP contribution in [0.25, 0.3) is 22.2 Å². The molecule has 1 fully saturated rings. The van der Waals surface area contributed by atoms with Crippen LogP contribution in [0.3, 0.4) is 0 Å². The van der Waals surface area contributed by atoms with Crippen molar-refractivity contribution in [3.05, 3.63) is 48.9 Å². The molecule has 8 heteroatoms. The molecule has 1 N–H and O–H groups in total. The Bertz CT molecular complexity index is 1300. The van der Waals surface area contributed by atoms with Gasteiger partial charge in [-0.1, -0.05) is 6.07 Å². The second-order valence-electron chi connectivity index (χ2n) is 8.96. The van der Waals surface area contributed by atoms with E-state index >= 15 is 0 Å². The number of fused-ring (bicyclic) bond motifs is 2. The van der Waals surface area contributed by atoms with E-state index in [0.717, 1.165) is 39.4 Å². The van der Waals surface area contributed by atoms with Crippen LogP contribution < -0.4 is 9.80 Å². The van der Waals surface area contributed by atoms with Crippen molar-refractivity contribution in [2.45, 2.75) is 45.0 Å². The monoisotopic (exact) mass is 429 g/mol. The van der Waals surface area contributed by atoms with E-state index in [4.69, 9.17) is 5.10 Å². The van der Waals surface area contributed by atoms with Crippen LogP contribution >= 0.6 is 0 Å². The SMILES string of the molecule is CC(O)N1c2ccc(-c3cnn(C4CC4)c3)cc2N(c2nn(C)c3cccnc23)C[C@@H]1C. The number of aliphatic hydroxyl groups is 1. The number of rotatable bonds is 4. The summed E-state index contributed by atoms with van der Waals surface area (Å²) in [5, 5.41) is 20.0. The van der Waals surface area contributed by atoms with E-state index in [1.807, 2.05) is 43.2 Å². The van der Waals surface area contributed by atoms with Gasteiger partial charge in [0.1, 0.15) is 11.7 Å². The minimum Gasteiger partial charge on any atom is -0.374 e. The number of pyridine rings is 1. The first-order valence-corrected chi connectivity index (χ1v) is 11.2. The molecule has 3 aromatic heterocycles. The molecule has 164 valence electrons. The molecule has 32 heavy (non-hydrogen) atoms. The number of hydrogen-bond donors (Lipinski definition) is 1. The first-order chi connectivity index (χ1) is 15.5. The fraction of sp³-hybridized carbons (Fsp3) is 0.375. The summed E-state index contributed by atoms with van der Waals surface area (Å²) in [4.78, 5) is 8.95. The number of benzene rings is 1. The molecular formula is C24H27N7O. The van der Waals surface area contributed by atoms with Crippen LogP contribution in [0.15, 0.2) is 48.9 Å². The minimum absolute atomic E-state index is 0.103. The van der Waals surface area contributed by atoms with Gasteiger partial charge in [0.05, 0.1) is 29.1 Å². The lowest BCUT2D eigenvalue weighted by Gasteiger charge is -2.44. The Morgan fingerprint density at radius 2 is 1.97 bits per heavy atom. The molecule has 1 unspecified atom stereocenters. The third-order valence-corrected chi connectivity index (χ3v) is 6.57. The Hall–Kier alpha value is -3.39. The largest absolute Gasteiger partial charge is 0.374 e. The summed E-state index contributed by atoms with van der Waals surface area (Å²) in [5.41, 5.74) is 6.10. The van der Waals surface area contributed by atoms with E-state index in [1.165, 1.54) is 12.8 Å². The quantitative estimate of drug-likeness (QED) is 0.531. The van der Waals surface area contributed by atoms with Gasteiger partial charge in [0.2, 0.25) is 0 Å². The van der Waals surface area contributed by atoms with Gasteiger partial charge in [-0.15, -0.1) is 0 Å². The first kappa shape index (κ1) is 19.3. The lowest BCUT2D eigenvalue weighted by Crippen LogP contribution is -2.50. The zero-order valence-electron chi connectivity index (χ0n) is 18.5. The Labute approximate surface area is 186 Å². The van der Waals surface area contributed by atoms with Gasteiger partial charge in [0.25, 0.3) is 0 Å². The molecule has 6 rings (SSSR count). The van der Waals surface area contributed by atoms with Crippen molar-refractivity contribution in [1.29, 1.82) is 0 Å². The minimum atomic E-state index is -0.590. The summed E-state index contributed by atoms with van der Waals surface area (Å²) in [7, 11) is 1.95. The molecule has 0 radical (unpaired) electrons. The lowest BCUT2D eigenvalue weighted by molar-refractivity contribution is 0.178. The van der Waals surface area contributed by atoms with E-state index in [1.54, 1.807) is 0 Å². The third-order valence-electron chi connectivity index (χ3n) is 6.57. The highest BCUT2D eigenvalue weighted by molar-refractivity contribution is 5.93. The second kappa shape index (κ2) is 7.06. The molecule has 0 spiro atoms. The molecule has 0 amide bonds. The maximum Gasteiger partial charge on any atom is 0.181 e. The summed E-state index contributed by atoms with van der Waals surface area (Å²) >= 11 is 0. The topological polar surface area (TPSA) is 75.2 Å². The van der Waals surface area contributed by atoms with Crippen LogP contribution in [-0.4, -0.2) is 48.5 Å². The van der Waals surface area contributed by atoms with Crippen molar-refractivity contribution in [3.8, 4) is 11.1 Å². The zero-order valence-corrected chi connectivity index (χ0v) is 18.5. The number of anilines is 3. The van der Waals surface area contributed by atoms with Crippen LogP contribution in [0.4, 0.5) is 17.2 Å². The summed E-state index contributed by atoms with van der Waals surface area (Å²) in [6.45, 7) is 4.65. The van der Waals surface area contributed by atoms with Crippen molar-refractivity contribution in [3.63, 3.8) is 0 Å². The van der Waals surface area contributed by atoms with E-state index in [9.17, 15) is 5.11 Å². The van der Waals surface area contributed by atoms with Crippen LogP contribution in [-0.2, 0) is 7.05 Å². The molecular weight excluding hydrogens is 402 g/mol. The third kappa shape index (κ3) is 2.97. The molecule has 1 aliphatic heterocycles. The van der Waals surface area contributed by atoms with Crippen molar-refractivity contribution in [2.75, 3.05) is 16.3 Å². The molecule has 1 aromatic carbocycles. The van der Waals surface area contributed by atoms with Crippen LogP contribution in [0.1, 0.15) is 32.7 Å². The Kier molecular flexibility index (Phi) is 4.26. The highest BCUT2D eigenvalue weighted by Gasteiger charge is 2.34. The molecule has 2 atom stereocenters. The molecule has 4 heterocycles. The normalized spacial score (nSPS) is 19.4. The number of aromatic nitrogens is 5. The number of hydrogen-bond acceptors (Lipinski definition) is 6. The first-order valence-electron chi connectivity index (χ1n) is 11.2. The fourth-order valence-electron chi connectivity index (χ4n) is 4.88. The summed E-state index contributed by atoms with van der Waals surface area (Å²) in [6.07, 6.45) is 7.72. The van der Waals surface area contributed by atoms with Crippen molar-refractivity contribution < 1.29 is 5.11 Å². The van der Waals surface area contributed by atoms with Crippen molar-refractivity contribution in [1.82, 2.24) is 24.5 Å². The highest BCUT2D eigenvalue weighted by Crippen LogP contribution is 2.44. The van der Waals surface area contributed by atoms with Gasteiger partial charge in [-0.25, -0.2) is 0 Å². The molecule has 0 saturated heterocycles. The lowest BCUT2D eigenvalue weighted by atomic mass is 10.0. The van der Waals surface area contributed by atoms with Gasteiger partial charge in [0.15, 0.2) is 5.82 Å². The number of aliphatic hydroxyl groups excluding tert-OH is 1. The average molecular weight is 430 g/mol. The van der Waals surface area contributed by atoms with Gasteiger partial charge in [-0.05, 0) is 56.5 Å². The van der Waals surface area contributed by atoms with Crippen LogP contribution in [0, 0.1) is 0 Å². The van der Waals surface area contributed by atoms with E-state index in [0.29, 0.717) is 12.6 Å². The molecule has 2 aliphatic rings. The zero-order chi connectivity index (χ0) is 22.0. The average Bonchev–Trinajstić information content (AvgIpc) is 3.42. The number of nitrogens with zero attached hydrogens (tertiary/aromatic N) is 7.